The van der Waals surface area contributed by atoms with E-state index in [2.05, 4.69) is 24.4 Å². The lowest BCUT2D eigenvalue weighted by molar-refractivity contribution is -0.160. The summed E-state index contributed by atoms with van der Waals surface area (Å²) in [6.07, 6.45) is 4.86. The van der Waals surface area contributed by atoms with E-state index in [0.717, 1.165) is 50.1 Å². The van der Waals surface area contributed by atoms with Crippen LogP contribution in [-0.4, -0.2) is 30.3 Å². The summed E-state index contributed by atoms with van der Waals surface area (Å²) in [5.74, 6) is 1.63. The summed E-state index contributed by atoms with van der Waals surface area (Å²) >= 11 is 0. The lowest BCUT2D eigenvalue weighted by atomic mass is 9.91. The Bertz CT molecular complexity index is 667. The first-order valence-corrected chi connectivity index (χ1v) is 10.1. The molecule has 1 fully saturated rings. The number of nitrogens with one attached hydrogen (secondary N) is 1. The van der Waals surface area contributed by atoms with E-state index < -0.39 is 5.60 Å². The van der Waals surface area contributed by atoms with Gasteiger partial charge in [0.25, 0.3) is 0 Å². The van der Waals surface area contributed by atoms with Gasteiger partial charge >= 0.3 is 5.97 Å². The first-order valence-electron chi connectivity index (χ1n) is 10.1. The van der Waals surface area contributed by atoms with Crippen LogP contribution < -0.4 is 14.8 Å². The van der Waals surface area contributed by atoms with Crippen LogP contribution in [-0.2, 0) is 16.1 Å². The van der Waals surface area contributed by atoms with E-state index in [0.29, 0.717) is 13.2 Å². The van der Waals surface area contributed by atoms with E-state index in [1.165, 1.54) is 5.56 Å². The number of hydrogen-bond donors (Lipinski definition) is 1. The third-order valence-corrected chi connectivity index (χ3v) is 5.39. The van der Waals surface area contributed by atoms with Gasteiger partial charge in [-0.2, -0.15) is 0 Å². The van der Waals surface area contributed by atoms with Crippen LogP contribution in [0.25, 0.3) is 0 Å². The minimum Gasteiger partial charge on any atom is -0.486 e. The first kappa shape index (κ1) is 20.0. The summed E-state index contributed by atoms with van der Waals surface area (Å²) < 4.78 is 16.9. The molecule has 5 nitrogen and oxygen atoms in total. The second-order valence-corrected chi connectivity index (χ2v) is 9.05. The van der Waals surface area contributed by atoms with Gasteiger partial charge in [-0.25, -0.2) is 0 Å². The maximum Gasteiger partial charge on any atom is 0.309 e. The third kappa shape index (κ3) is 5.61. The van der Waals surface area contributed by atoms with Crippen molar-refractivity contribution in [2.24, 2.45) is 5.92 Å². The molecule has 1 heterocycles. The van der Waals surface area contributed by atoms with Crippen LogP contribution in [0.5, 0.6) is 11.5 Å². The minimum atomic E-state index is -0.414. The Balaban J connectivity index is 1.55. The van der Waals surface area contributed by atoms with E-state index in [9.17, 15) is 4.79 Å². The molecule has 1 aliphatic carbocycles. The molecule has 0 amide bonds. The smallest absolute Gasteiger partial charge is 0.309 e. The fourth-order valence-corrected chi connectivity index (χ4v) is 3.81. The number of hydrogen-bond acceptors (Lipinski definition) is 5. The van der Waals surface area contributed by atoms with Crippen molar-refractivity contribution >= 4 is 5.97 Å². The molecule has 2 unspecified atom stereocenters. The Hall–Kier alpha value is -1.75. The van der Waals surface area contributed by atoms with Crippen LogP contribution in [0.1, 0.15) is 65.4 Å². The number of esters is 1. The maximum absolute atomic E-state index is 12.4. The van der Waals surface area contributed by atoms with Crippen molar-refractivity contribution in [1.82, 2.24) is 5.32 Å². The number of ether oxygens (including phenoxy) is 3. The second-order valence-electron chi connectivity index (χ2n) is 9.05. The topological polar surface area (TPSA) is 56.8 Å². The Morgan fingerprint density at radius 2 is 1.93 bits per heavy atom. The van der Waals surface area contributed by atoms with Gasteiger partial charge in [0.15, 0.2) is 11.5 Å². The molecule has 1 aromatic rings. The monoisotopic (exact) mass is 375 g/mol. The van der Waals surface area contributed by atoms with Crippen molar-refractivity contribution in [2.45, 2.75) is 77.5 Å². The summed E-state index contributed by atoms with van der Waals surface area (Å²) in [6, 6.07) is 6.13. The van der Waals surface area contributed by atoms with Crippen molar-refractivity contribution in [3.8, 4) is 11.5 Å². The summed E-state index contributed by atoms with van der Waals surface area (Å²) in [7, 11) is 0. The van der Waals surface area contributed by atoms with Gasteiger partial charge < -0.3 is 19.5 Å². The van der Waals surface area contributed by atoms with Crippen LogP contribution in [0, 0.1) is 5.92 Å². The van der Waals surface area contributed by atoms with Crippen molar-refractivity contribution in [3.63, 3.8) is 0 Å². The molecule has 1 aromatic carbocycles. The third-order valence-electron chi connectivity index (χ3n) is 5.39. The molecule has 0 bridgehead atoms. The molecule has 27 heavy (non-hydrogen) atoms. The zero-order valence-electron chi connectivity index (χ0n) is 17.1. The highest BCUT2D eigenvalue weighted by Gasteiger charge is 2.33. The predicted octanol–water partition coefficient (Wildman–Crippen LogP) is 4.23. The number of carbonyl (C=O) groups excluding carboxylic acids is 1. The van der Waals surface area contributed by atoms with E-state index in [1.54, 1.807) is 0 Å². The molecule has 0 aromatic heterocycles. The van der Waals surface area contributed by atoms with Gasteiger partial charge in [0.2, 0.25) is 0 Å². The van der Waals surface area contributed by atoms with E-state index >= 15 is 0 Å². The lowest BCUT2D eigenvalue weighted by Crippen LogP contribution is -2.41. The largest absolute Gasteiger partial charge is 0.486 e. The fraction of sp³-hybridized carbons (Fsp3) is 0.682. The van der Waals surface area contributed by atoms with Crippen LogP contribution in [0.2, 0.25) is 0 Å². The summed E-state index contributed by atoms with van der Waals surface area (Å²) in [4.78, 5) is 12.4. The van der Waals surface area contributed by atoms with Crippen molar-refractivity contribution in [3.05, 3.63) is 23.8 Å². The summed E-state index contributed by atoms with van der Waals surface area (Å²) in [6.45, 7) is 10.1. The molecule has 1 N–H and O–H groups in total. The second kappa shape index (κ2) is 8.09. The maximum atomic E-state index is 12.4. The van der Waals surface area contributed by atoms with Crippen LogP contribution in [0.3, 0.4) is 0 Å². The van der Waals surface area contributed by atoms with Crippen molar-refractivity contribution in [1.29, 1.82) is 0 Å². The van der Waals surface area contributed by atoms with E-state index in [4.69, 9.17) is 14.2 Å². The van der Waals surface area contributed by atoms with Crippen LogP contribution >= 0.6 is 0 Å². The SMILES string of the molecule is CC1(NCc2ccc3c(c2)OCCO3)CCCC(C(=O)OC(C)(C)C)CC1. The minimum absolute atomic E-state index is 0.0159. The number of benzene rings is 1. The quantitative estimate of drug-likeness (QED) is 0.630. The van der Waals surface area contributed by atoms with Crippen LogP contribution in [0.4, 0.5) is 0 Å². The molecular formula is C22H33NO4. The van der Waals surface area contributed by atoms with Gasteiger partial charge in [0.05, 0.1) is 5.92 Å². The molecule has 3 rings (SSSR count). The van der Waals surface area contributed by atoms with Crippen molar-refractivity contribution < 1.29 is 19.0 Å². The molecule has 0 spiro atoms. The molecular weight excluding hydrogens is 342 g/mol. The van der Waals surface area contributed by atoms with E-state index in [1.807, 2.05) is 26.8 Å². The number of carbonyl (C=O) groups is 1. The molecule has 1 saturated carbocycles. The summed E-state index contributed by atoms with van der Waals surface area (Å²) in [5, 5.41) is 3.72. The average Bonchev–Trinajstić information content (AvgIpc) is 2.81. The first-order chi connectivity index (χ1) is 12.7. The van der Waals surface area contributed by atoms with Gasteiger partial charge in [-0.1, -0.05) is 12.5 Å². The normalized spacial score (nSPS) is 25.6. The molecule has 2 atom stereocenters. The Kier molecular flexibility index (Phi) is 5.99. The van der Waals surface area contributed by atoms with E-state index in [-0.39, 0.29) is 17.4 Å². The zero-order valence-corrected chi connectivity index (χ0v) is 17.1. The van der Waals surface area contributed by atoms with Gasteiger partial charge in [0.1, 0.15) is 18.8 Å². The lowest BCUT2D eigenvalue weighted by Gasteiger charge is -2.30. The standard InChI is InChI=1S/C22H33NO4/c1-21(2,3)27-20(24)17-6-5-10-22(4,11-9-17)23-15-16-7-8-18-19(14-16)26-13-12-25-18/h7-8,14,17,23H,5-6,9-13,15H2,1-4H3. The predicted molar refractivity (Wildman–Crippen MR) is 105 cm³/mol. The van der Waals surface area contributed by atoms with Crippen molar-refractivity contribution in [2.75, 3.05) is 13.2 Å². The molecule has 150 valence electrons. The molecule has 1 aliphatic heterocycles. The highest BCUT2D eigenvalue weighted by atomic mass is 16.6. The highest BCUT2D eigenvalue weighted by molar-refractivity contribution is 5.72. The Morgan fingerprint density at radius 1 is 1.19 bits per heavy atom. The summed E-state index contributed by atoms with van der Waals surface area (Å²) in [5.41, 5.74) is 0.807. The molecule has 0 radical (unpaired) electrons. The zero-order chi connectivity index (χ0) is 19.5. The van der Waals surface area contributed by atoms with Gasteiger partial charge in [0, 0.05) is 12.1 Å². The van der Waals surface area contributed by atoms with Gasteiger partial charge in [-0.15, -0.1) is 0 Å². The van der Waals surface area contributed by atoms with Gasteiger partial charge in [-0.05, 0) is 71.1 Å². The fourth-order valence-electron chi connectivity index (χ4n) is 3.81. The Labute approximate surface area is 162 Å². The Morgan fingerprint density at radius 3 is 2.67 bits per heavy atom. The van der Waals surface area contributed by atoms with Gasteiger partial charge in [-0.3, -0.25) is 4.79 Å². The molecule has 2 aliphatic rings. The highest BCUT2D eigenvalue weighted by Crippen LogP contribution is 2.33. The molecule has 0 saturated heterocycles. The van der Waals surface area contributed by atoms with Crippen LogP contribution in [0.15, 0.2) is 18.2 Å². The number of fused-ring (bicyclic) bond motifs is 1. The molecule has 5 heteroatoms. The average molecular weight is 376 g/mol. The number of rotatable bonds is 4.